The van der Waals surface area contributed by atoms with Crippen molar-refractivity contribution in [1.29, 1.82) is 0 Å². The number of amides is 1. The van der Waals surface area contributed by atoms with Crippen LogP contribution in [0.1, 0.15) is 21.5 Å². The smallest absolute Gasteiger partial charge is 0.264 e. The first-order chi connectivity index (χ1) is 7.47. The Hall–Kier alpha value is -1.56. The molecule has 0 spiro atoms. The van der Waals surface area contributed by atoms with E-state index in [1.165, 1.54) is 16.2 Å². The van der Waals surface area contributed by atoms with E-state index in [2.05, 4.69) is 5.16 Å². The molecule has 6 heteroatoms. The van der Waals surface area contributed by atoms with E-state index in [1.807, 2.05) is 13.0 Å². The van der Waals surface area contributed by atoms with Crippen molar-refractivity contribution in [2.24, 2.45) is 10.9 Å². The number of oxime groups is 1. The summed E-state index contributed by atoms with van der Waals surface area (Å²) in [6.07, 6.45) is 0. The van der Waals surface area contributed by atoms with Gasteiger partial charge in [-0.2, -0.15) is 0 Å². The zero-order valence-electron chi connectivity index (χ0n) is 9.47. The van der Waals surface area contributed by atoms with Crippen LogP contribution < -0.4 is 5.73 Å². The van der Waals surface area contributed by atoms with E-state index < -0.39 is 6.04 Å². The van der Waals surface area contributed by atoms with E-state index in [9.17, 15) is 4.79 Å². The standard InChI is InChI=1S/C10H15N3O2S/c1-6-4-5-8(16-6)10(14)13(3)7(2)9(11)12-15/h4-5,7,15H,1-3H3,(H2,11,12). The molecule has 0 aliphatic heterocycles. The Balaban J connectivity index is 2.82. The first kappa shape index (κ1) is 12.5. The zero-order chi connectivity index (χ0) is 12.3. The maximum Gasteiger partial charge on any atom is 0.264 e. The fourth-order valence-corrected chi connectivity index (χ4v) is 2.03. The Morgan fingerprint density at radius 2 is 2.25 bits per heavy atom. The number of nitrogens with two attached hydrogens (primary N) is 1. The van der Waals surface area contributed by atoms with E-state index >= 15 is 0 Å². The van der Waals surface area contributed by atoms with Gasteiger partial charge in [0.15, 0.2) is 5.84 Å². The number of rotatable bonds is 3. The first-order valence-electron chi connectivity index (χ1n) is 4.78. The van der Waals surface area contributed by atoms with Crippen LogP contribution in [0.2, 0.25) is 0 Å². The maximum absolute atomic E-state index is 12.0. The fraction of sp³-hybridized carbons (Fsp3) is 0.400. The third-order valence-corrected chi connectivity index (χ3v) is 3.38. The molecule has 0 saturated heterocycles. The average Bonchev–Trinajstić information content (AvgIpc) is 2.71. The lowest BCUT2D eigenvalue weighted by atomic mass is 10.2. The lowest BCUT2D eigenvalue weighted by Crippen LogP contribution is -2.43. The summed E-state index contributed by atoms with van der Waals surface area (Å²) in [6.45, 7) is 3.64. The number of thiophene rings is 1. The van der Waals surface area contributed by atoms with Gasteiger partial charge < -0.3 is 15.8 Å². The van der Waals surface area contributed by atoms with Crippen molar-refractivity contribution in [2.75, 3.05) is 7.05 Å². The van der Waals surface area contributed by atoms with E-state index in [4.69, 9.17) is 10.9 Å². The van der Waals surface area contributed by atoms with Crippen LogP contribution in [0.25, 0.3) is 0 Å². The van der Waals surface area contributed by atoms with Crippen molar-refractivity contribution in [3.63, 3.8) is 0 Å². The topological polar surface area (TPSA) is 78.9 Å². The van der Waals surface area contributed by atoms with Gasteiger partial charge in [-0.25, -0.2) is 0 Å². The van der Waals surface area contributed by atoms with Crippen LogP contribution in [0.15, 0.2) is 17.3 Å². The summed E-state index contributed by atoms with van der Waals surface area (Å²) in [5, 5.41) is 11.4. The van der Waals surface area contributed by atoms with Gasteiger partial charge in [0.1, 0.15) is 0 Å². The van der Waals surface area contributed by atoms with Crippen LogP contribution in [0, 0.1) is 6.92 Å². The molecule has 0 bridgehead atoms. The maximum atomic E-state index is 12.0. The summed E-state index contributed by atoms with van der Waals surface area (Å²) in [5.41, 5.74) is 5.45. The van der Waals surface area contributed by atoms with Crippen molar-refractivity contribution in [3.8, 4) is 0 Å². The van der Waals surface area contributed by atoms with Crippen LogP contribution in [0.3, 0.4) is 0 Å². The molecule has 0 aromatic carbocycles. The van der Waals surface area contributed by atoms with Gasteiger partial charge >= 0.3 is 0 Å². The highest BCUT2D eigenvalue weighted by atomic mass is 32.1. The summed E-state index contributed by atoms with van der Waals surface area (Å²) in [4.78, 5) is 15.1. The lowest BCUT2D eigenvalue weighted by molar-refractivity contribution is 0.0781. The number of carbonyl (C=O) groups excluding carboxylic acids is 1. The quantitative estimate of drug-likeness (QED) is 0.362. The summed E-state index contributed by atoms with van der Waals surface area (Å²) >= 11 is 1.43. The highest BCUT2D eigenvalue weighted by Crippen LogP contribution is 2.17. The molecule has 0 radical (unpaired) electrons. The minimum Gasteiger partial charge on any atom is -0.409 e. The second kappa shape index (κ2) is 4.98. The van der Waals surface area contributed by atoms with E-state index in [0.29, 0.717) is 4.88 Å². The summed E-state index contributed by atoms with van der Waals surface area (Å²) in [7, 11) is 1.63. The van der Waals surface area contributed by atoms with Crippen LogP contribution >= 0.6 is 11.3 Å². The predicted molar refractivity (Wildman–Crippen MR) is 64.0 cm³/mol. The molecular formula is C10H15N3O2S. The molecule has 1 amide bonds. The van der Waals surface area contributed by atoms with Crippen LogP contribution in [-0.4, -0.2) is 34.9 Å². The molecule has 1 aromatic rings. The molecule has 1 heterocycles. The largest absolute Gasteiger partial charge is 0.409 e. The second-order valence-electron chi connectivity index (χ2n) is 3.53. The average molecular weight is 241 g/mol. The number of aryl methyl sites for hydroxylation is 1. The molecule has 3 N–H and O–H groups in total. The van der Waals surface area contributed by atoms with Crippen LogP contribution in [-0.2, 0) is 0 Å². The Kier molecular flexibility index (Phi) is 3.89. The molecule has 0 saturated carbocycles. The van der Waals surface area contributed by atoms with Crippen molar-refractivity contribution in [3.05, 3.63) is 21.9 Å². The molecule has 0 aliphatic carbocycles. The molecule has 16 heavy (non-hydrogen) atoms. The molecule has 0 aliphatic rings. The summed E-state index contributed by atoms with van der Waals surface area (Å²) in [6, 6.07) is 3.23. The summed E-state index contributed by atoms with van der Waals surface area (Å²) < 4.78 is 0. The predicted octanol–water partition coefficient (Wildman–Crippen LogP) is 1.26. The van der Waals surface area contributed by atoms with Gasteiger partial charge in [-0.3, -0.25) is 4.79 Å². The van der Waals surface area contributed by atoms with Gasteiger partial charge in [-0.1, -0.05) is 5.16 Å². The number of nitrogens with zero attached hydrogens (tertiary/aromatic N) is 2. The molecule has 1 unspecified atom stereocenters. The Morgan fingerprint density at radius 3 is 2.69 bits per heavy atom. The van der Waals surface area contributed by atoms with Crippen molar-refractivity contribution in [1.82, 2.24) is 4.90 Å². The van der Waals surface area contributed by atoms with Gasteiger partial charge in [-0.05, 0) is 26.0 Å². The van der Waals surface area contributed by atoms with Gasteiger partial charge in [0.25, 0.3) is 5.91 Å². The monoisotopic (exact) mass is 241 g/mol. The van der Waals surface area contributed by atoms with E-state index in [-0.39, 0.29) is 11.7 Å². The SMILES string of the molecule is Cc1ccc(C(=O)N(C)C(C)C(N)=NO)s1. The second-order valence-corrected chi connectivity index (χ2v) is 4.82. The highest BCUT2D eigenvalue weighted by Gasteiger charge is 2.21. The fourth-order valence-electron chi connectivity index (χ4n) is 1.18. The third-order valence-electron chi connectivity index (χ3n) is 2.40. The highest BCUT2D eigenvalue weighted by molar-refractivity contribution is 7.13. The Morgan fingerprint density at radius 1 is 1.62 bits per heavy atom. The molecule has 1 atom stereocenters. The van der Waals surface area contributed by atoms with Crippen LogP contribution in [0.5, 0.6) is 0 Å². The first-order valence-corrected chi connectivity index (χ1v) is 5.60. The number of hydrogen-bond acceptors (Lipinski definition) is 4. The lowest BCUT2D eigenvalue weighted by Gasteiger charge is -2.22. The Labute approximate surface area is 98.2 Å². The Bertz CT molecular complexity index is 414. The zero-order valence-corrected chi connectivity index (χ0v) is 10.3. The van der Waals surface area contributed by atoms with E-state index in [0.717, 1.165) is 4.88 Å². The molecule has 1 aromatic heterocycles. The molecule has 5 nitrogen and oxygen atoms in total. The summed E-state index contributed by atoms with van der Waals surface area (Å²) in [5.74, 6) is -0.110. The number of amidine groups is 1. The van der Waals surface area contributed by atoms with Gasteiger partial charge in [0.2, 0.25) is 0 Å². The minimum atomic E-state index is -0.431. The van der Waals surface area contributed by atoms with E-state index in [1.54, 1.807) is 20.0 Å². The number of likely N-dealkylation sites (N-methyl/N-ethyl adjacent to an activating group) is 1. The molecule has 88 valence electrons. The molecular weight excluding hydrogens is 226 g/mol. The van der Waals surface area contributed by atoms with Crippen LogP contribution in [0.4, 0.5) is 0 Å². The molecule has 0 fully saturated rings. The number of carbonyl (C=O) groups is 1. The minimum absolute atomic E-state index is 0.0177. The third kappa shape index (κ3) is 2.52. The normalized spacial score (nSPS) is 13.6. The molecule has 1 rings (SSSR count). The van der Waals surface area contributed by atoms with Gasteiger partial charge in [0.05, 0.1) is 10.9 Å². The van der Waals surface area contributed by atoms with Gasteiger partial charge in [0, 0.05) is 11.9 Å². The number of hydrogen-bond donors (Lipinski definition) is 2. The van der Waals surface area contributed by atoms with Crippen molar-refractivity contribution < 1.29 is 10.0 Å². The van der Waals surface area contributed by atoms with Crippen molar-refractivity contribution in [2.45, 2.75) is 19.9 Å². The van der Waals surface area contributed by atoms with Crippen molar-refractivity contribution >= 4 is 23.1 Å². The van der Waals surface area contributed by atoms with Gasteiger partial charge in [-0.15, -0.1) is 11.3 Å².